The number of hydrogen-bond acceptors (Lipinski definition) is 2. The van der Waals surface area contributed by atoms with Crippen molar-refractivity contribution in [1.29, 1.82) is 0 Å². The topological polar surface area (TPSA) is 49.4 Å². The maximum Gasteiger partial charge on any atom is 0.253 e. The van der Waals surface area contributed by atoms with Gasteiger partial charge in [-0.05, 0) is 25.0 Å². The summed E-state index contributed by atoms with van der Waals surface area (Å²) in [6.45, 7) is -0.161. The van der Waals surface area contributed by atoms with Gasteiger partial charge >= 0.3 is 0 Å². The average Bonchev–Trinajstić information content (AvgIpc) is 2.86. The van der Waals surface area contributed by atoms with Crippen molar-refractivity contribution < 1.29 is 18.4 Å². The Bertz CT molecular complexity index is 583. The zero-order valence-corrected chi connectivity index (χ0v) is 10.8. The molecule has 4 nitrogen and oxygen atoms in total. The molecule has 1 aromatic carbocycles. The SMILES string of the molecule is O=C1CN(c2ccc(F)c(F)c2)C(=O)C2(CCCC2)N1. The first-order chi connectivity index (χ1) is 9.52. The number of hydrogen-bond donors (Lipinski definition) is 1. The van der Waals surface area contributed by atoms with E-state index in [4.69, 9.17) is 0 Å². The Morgan fingerprint density at radius 1 is 1.10 bits per heavy atom. The summed E-state index contributed by atoms with van der Waals surface area (Å²) in [6.07, 6.45) is 2.94. The van der Waals surface area contributed by atoms with E-state index in [0.29, 0.717) is 12.8 Å². The number of anilines is 1. The molecule has 1 saturated heterocycles. The number of nitrogens with zero attached hydrogens (tertiary/aromatic N) is 1. The Kier molecular flexibility index (Phi) is 2.96. The molecule has 2 aliphatic rings. The molecule has 3 rings (SSSR count). The van der Waals surface area contributed by atoms with Gasteiger partial charge in [0.15, 0.2) is 11.6 Å². The lowest BCUT2D eigenvalue weighted by Crippen LogP contribution is -2.65. The molecule has 1 spiro atoms. The monoisotopic (exact) mass is 280 g/mol. The maximum absolute atomic E-state index is 13.3. The number of benzene rings is 1. The minimum Gasteiger partial charge on any atom is -0.340 e. The summed E-state index contributed by atoms with van der Waals surface area (Å²) in [5, 5.41) is 2.77. The molecule has 0 atom stereocenters. The van der Waals surface area contributed by atoms with Gasteiger partial charge in [0.05, 0.1) is 0 Å². The van der Waals surface area contributed by atoms with E-state index in [-0.39, 0.29) is 24.0 Å². The molecule has 6 heteroatoms. The van der Waals surface area contributed by atoms with Crippen LogP contribution in [0, 0.1) is 11.6 Å². The summed E-state index contributed by atoms with van der Waals surface area (Å²) in [4.78, 5) is 25.7. The van der Waals surface area contributed by atoms with E-state index in [1.165, 1.54) is 11.0 Å². The summed E-state index contributed by atoms with van der Waals surface area (Å²) in [5.74, 6) is -2.50. The Morgan fingerprint density at radius 3 is 2.45 bits per heavy atom. The number of rotatable bonds is 1. The highest BCUT2D eigenvalue weighted by Crippen LogP contribution is 2.35. The van der Waals surface area contributed by atoms with E-state index in [9.17, 15) is 18.4 Å². The molecule has 1 aliphatic carbocycles. The van der Waals surface area contributed by atoms with Crippen molar-refractivity contribution in [3.8, 4) is 0 Å². The van der Waals surface area contributed by atoms with Gasteiger partial charge in [-0.15, -0.1) is 0 Å². The van der Waals surface area contributed by atoms with E-state index in [1.54, 1.807) is 0 Å². The molecule has 20 heavy (non-hydrogen) atoms. The quantitative estimate of drug-likeness (QED) is 0.852. The van der Waals surface area contributed by atoms with Crippen LogP contribution >= 0.6 is 0 Å². The van der Waals surface area contributed by atoms with Crippen LogP contribution in [0.25, 0.3) is 0 Å². The van der Waals surface area contributed by atoms with Crippen LogP contribution in [0.1, 0.15) is 25.7 Å². The van der Waals surface area contributed by atoms with E-state index in [0.717, 1.165) is 25.0 Å². The summed E-state index contributed by atoms with van der Waals surface area (Å²) in [5.41, 5.74) is -0.643. The number of nitrogens with one attached hydrogen (secondary N) is 1. The average molecular weight is 280 g/mol. The molecular weight excluding hydrogens is 266 g/mol. The van der Waals surface area contributed by atoms with Crippen molar-refractivity contribution in [2.24, 2.45) is 0 Å². The van der Waals surface area contributed by atoms with Crippen LogP contribution in [0.4, 0.5) is 14.5 Å². The number of amides is 2. The normalized spacial score (nSPS) is 21.4. The predicted octanol–water partition coefficient (Wildman–Crippen LogP) is 1.74. The van der Waals surface area contributed by atoms with Gasteiger partial charge in [-0.2, -0.15) is 0 Å². The second-order valence-corrected chi connectivity index (χ2v) is 5.33. The molecule has 1 N–H and O–H groups in total. The summed E-state index contributed by atoms with van der Waals surface area (Å²) in [7, 11) is 0. The molecule has 2 fully saturated rings. The molecule has 0 unspecified atom stereocenters. The van der Waals surface area contributed by atoms with Crippen LogP contribution in [0.3, 0.4) is 0 Å². The third-order valence-corrected chi connectivity index (χ3v) is 4.01. The molecule has 0 aromatic heterocycles. The fourth-order valence-electron chi connectivity index (χ4n) is 3.01. The fraction of sp³-hybridized carbons (Fsp3) is 0.429. The second kappa shape index (κ2) is 4.54. The molecular formula is C14H14F2N2O2. The smallest absolute Gasteiger partial charge is 0.253 e. The standard InChI is InChI=1S/C14H14F2N2O2/c15-10-4-3-9(7-11(10)16)18-8-12(19)17-14(13(18)20)5-1-2-6-14/h3-4,7H,1-2,5-6,8H2,(H,17,19). The Labute approximate surface area is 114 Å². The lowest BCUT2D eigenvalue weighted by Gasteiger charge is -2.39. The highest BCUT2D eigenvalue weighted by molar-refractivity contribution is 6.09. The molecule has 106 valence electrons. The van der Waals surface area contributed by atoms with Crippen molar-refractivity contribution in [3.05, 3.63) is 29.8 Å². The molecule has 1 heterocycles. The van der Waals surface area contributed by atoms with E-state index in [1.807, 2.05) is 0 Å². The first-order valence-electron chi connectivity index (χ1n) is 6.60. The first kappa shape index (κ1) is 13.0. The third-order valence-electron chi connectivity index (χ3n) is 4.01. The fourth-order valence-corrected chi connectivity index (χ4v) is 3.01. The minimum absolute atomic E-state index is 0.161. The van der Waals surface area contributed by atoms with Gasteiger partial charge in [-0.1, -0.05) is 12.8 Å². The van der Waals surface area contributed by atoms with Gasteiger partial charge in [0.1, 0.15) is 12.1 Å². The zero-order chi connectivity index (χ0) is 14.3. The van der Waals surface area contributed by atoms with Gasteiger partial charge < -0.3 is 10.2 Å². The highest BCUT2D eigenvalue weighted by Gasteiger charge is 2.48. The van der Waals surface area contributed by atoms with Crippen molar-refractivity contribution in [2.75, 3.05) is 11.4 Å². The number of carbonyl (C=O) groups is 2. The molecule has 1 saturated carbocycles. The lowest BCUT2D eigenvalue weighted by molar-refractivity contribution is -0.135. The van der Waals surface area contributed by atoms with Crippen LogP contribution < -0.4 is 10.2 Å². The van der Waals surface area contributed by atoms with E-state index in [2.05, 4.69) is 5.32 Å². The van der Waals surface area contributed by atoms with Crippen LogP contribution in [-0.2, 0) is 9.59 Å². The second-order valence-electron chi connectivity index (χ2n) is 5.33. The van der Waals surface area contributed by atoms with Crippen LogP contribution in [-0.4, -0.2) is 23.9 Å². The van der Waals surface area contributed by atoms with Crippen molar-refractivity contribution >= 4 is 17.5 Å². The Morgan fingerprint density at radius 2 is 1.80 bits per heavy atom. The highest BCUT2D eigenvalue weighted by atomic mass is 19.2. The summed E-state index contributed by atoms with van der Waals surface area (Å²) in [6, 6.07) is 3.23. The molecule has 0 bridgehead atoms. The van der Waals surface area contributed by atoms with Crippen molar-refractivity contribution in [1.82, 2.24) is 5.32 Å². The summed E-state index contributed by atoms with van der Waals surface area (Å²) < 4.78 is 26.3. The van der Waals surface area contributed by atoms with Gasteiger partial charge in [0, 0.05) is 11.8 Å². The van der Waals surface area contributed by atoms with Crippen LogP contribution in [0.15, 0.2) is 18.2 Å². The lowest BCUT2D eigenvalue weighted by atomic mass is 9.92. The number of piperazine rings is 1. The minimum atomic E-state index is -1.03. The Balaban J connectivity index is 1.97. The molecule has 1 aliphatic heterocycles. The van der Waals surface area contributed by atoms with Gasteiger partial charge in [-0.25, -0.2) is 8.78 Å². The first-order valence-corrected chi connectivity index (χ1v) is 6.60. The predicted molar refractivity (Wildman–Crippen MR) is 68.1 cm³/mol. The molecule has 1 aromatic rings. The largest absolute Gasteiger partial charge is 0.340 e. The number of carbonyl (C=O) groups excluding carboxylic acids is 2. The van der Waals surface area contributed by atoms with Gasteiger partial charge in [-0.3, -0.25) is 9.59 Å². The van der Waals surface area contributed by atoms with E-state index >= 15 is 0 Å². The van der Waals surface area contributed by atoms with Crippen molar-refractivity contribution in [3.63, 3.8) is 0 Å². The zero-order valence-electron chi connectivity index (χ0n) is 10.8. The van der Waals surface area contributed by atoms with Crippen LogP contribution in [0.2, 0.25) is 0 Å². The maximum atomic E-state index is 13.3. The van der Waals surface area contributed by atoms with Crippen LogP contribution in [0.5, 0.6) is 0 Å². The Hall–Kier alpha value is -1.98. The van der Waals surface area contributed by atoms with E-state index < -0.39 is 17.2 Å². The van der Waals surface area contributed by atoms with Gasteiger partial charge in [0.25, 0.3) is 5.91 Å². The summed E-state index contributed by atoms with van der Waals surface area (Å²) >= 11 is 0. The third kappa shape index (κ3) is 1.95. The van der Waals surface area contributed by atoms with Gasteiger partial charge in [0.2, 0.25) is 5.91 Å². The van der Waals surface area contributed by atoms with Crippen molar-refractivity contribution in [2.45, 2.75) is 31.2 Å². The molecule has 2 amide bonds. The molecule has 0 radical (unpaired) electrons. The number of halogens is 2.